The molecule has 1 aliphatic rings. The van der Waals surface area contributed by atoms with Gasteiger partial charge in [0, 0.05) is 42.5 Å². The average molecular weight is 489 g/mol. The van der Waals surface area contributed by atoms with Gasteiger partial charge >= 0.3 is 6.09 Å². The van der Waals surface area contributed by atoms with Crippen LogP contribution in [0.2, 0.25) is 0 Å². The fourth-order valence-electron chi connectivity index (χ4n) is 3.71. The Morgan fingerprint density at radius 3 is 2.59 bits per heavy atom. The van der Waals surface area contributed by atoms with Gasteiger partial charge in [0.1, 0.15) is 11.3 Å². The Morgan fingerprint density at radius 1 is 1.21 bits per heavy atom. The van der Waals surface area contributed by atoms with E-state index >= 15 is 0 Å². The summed E-state index contributed by atoms with van der Waals surface area (Å²) in [6, 6.07) is 8.23. The van der Waals surface area contributed by atoms with Crippen molar-refractivity contribution in [2.24, 2.45) is 0 Å². The highest BCUT2D eigenvalue weighted by molar-refractivity contribution is 7.10. The number of nitro benzene ring substituents is 1. The van der Waals surface area contributed by atoms with E-state index < -0.39 is 16.6 Å². The monoisotopic (exact) mass is 488 g/mol. The van der Waals surface area contributed by atoms with Crippen LogP contribution in [0, 0.1) is 10.1 Å². The van der Waals surface area contributed by atoms with Crippen molar-refractivity contribution in [3.05, 3.63) is 56.3 Å². The van der Waals surface area contributed by atoms with Gasteiger partial charge in [-0.05, 0) is 52.2 Å². The van der Waals surface area contributed by atoms with E-state index in [4.69, 9.17) is 4.74 Å². The fraction of sp³-hybridized carbons (Fsp3) is 0.500. The van der Waals surface area contributed by atoms with Gasteiger partial charge < -0.3 is 19.9 Å². The lowest BCUT2D eigenvalue weighted by molar-refractivity contribution is -0.384. The zero-order valence-electron chi connectivity index (χ0n) is 19.9. The Kier molecular flexibility index (Phi) is 8.49. The molecule has 3 rings (SSSR count). The first-order valence-electron chi connectivity index (χ1n) is 11.5. The van der Waals surface area contributed by atoms with Gasteiger partial charge in [0.25, 0.3) is 11.6 Å². The van der Waals surface area contributed by atoms with Crippen LogP contribution in [-0.2, 0) is 11.3 Å². The van der Waals surface area contributed by atoms with Crippen molar-refractivity contribution in [3.63, 3.8) is 0 Å². The van der Waals surface area contributed by atoms with Gasteiger partial charge in [-0.2, -0.15) is 0 Å². The molecule has 1 N–H and O–H groups in total. The van der Waals surface area contributed by atoms with Crippen molar-refractivity contribution in [2.75, 3.05) is 31.5 Å². The second-order valence-corrected chi connectivity index (χ2v) is 10.3. The van der Waals surface area contributed by atoms with Gasteiger partial charge in [-0.25, -0.2) is 4.79 Å². The molecule has 10 heteroatoms. The molecule has 1 aliphatic heterocycles. The zero-order chi connectivity index (χ0) is 24.7. The van der Waals surface area contributed by atoms with Crippen LogP contribution < -0.4 is 5.32 Å². The molecule has 0 bridgehead atoms. The minimum Gasteiger partial charge on any atom is -0.444 e. The van der Waals surface area contributed by atoms with Crippen LogP contribution in [0.4, 0.5) is 16.2 Å². The summed E-state index contributed by atoms with van der Waals surface area (Å²) in [6.07, 6.45) is 2.74. The lowest BCUT2D eigenvalue weighted by atomic mass is 10.1. The number of ether oxygens (including phenoxy) is 1. The molecule has 1 aromatic heterocycles. The van der Waals surface area contributed by atoms with Gasteiger partial charge in [-0.3, -0.25) is 14.9 Å². The van der Waals surface area contributed by atoms with Crippen LogP contribution in [0.25, 0.3) is 0 Å². The van der Waals surface area contributed by atoms with E-state index in [0.29, 0.717) is 17.8 Å². The van der Waals surface area contributed by atoms with Crippen LogP contribution in [0.1, 0.15) is 55.3 Å². The fourth-order valence-corrected chi connectivity index (χ4v) is 4.59. The van der Waals surface area contributed by atoms with Crippen molar-refractivity contribution in [1.82, 2.24) is 9.80 Å². The summed E-state index contributed by atoms with van der Waals surface area (Å²) >= 11 is 1.44. The molecule has 0 saturated carbocycles. The number of nitrogens with one attached hydrogen (secondary N) is 1. The average Bonchev–Trinajstić information content (AvgIpc) is 3.26. The maximum atomic E-state index is 12.9. The van der Waals surface area contributed by atoms with E-state index in [-0.39, 0.29) is 24.7 Å². The molecule has 34 heavy (non-hydrogen) atoms. The minimum atomic E-state index is -0.661. The van der Waals surface area contributed by atoms with E-state index in [9.17, 15) is 19.7 Å². The molecule has 0 aliphatic carbocycles. The van der Waals surface area contributed by atoms with Gasteiger partial charge in [0.05, 0.1) is 17.0 Å². The Balaban J connectivity index is 1.67. The zero-order valence-corrected chi connectivity index (χ0v) is 20.7. The Bertz CT molecular complexity index is 1010. The molecule has 0 radical (unpaired) electrons. The first kappa shape index (κ1) is 25.5. The number of para-hydroxylation sites is 2. The van der Waals surface area contributed by atoms with Crippen LogP contribution in [0.15, 0.2) is 35.7 Å². The summed E-state index contributed by atoms with van der Waals surface area (Å²) in [5.74, 6) is 0.0315. The number of nitrogens with zero attached hydrogens (tertiary/aromatic N) is 3. The van der Waals surface area contributed by atoms with E-state index in [1.165, 1.54) is 17.4 Å². The standard InChI is InChI=1S/C24H32N4O5S/c1-24(2,3)33-23(30)27(14-11-25-20-9-5-6-10-21(20)28(31)32)16-19-15-18(17-34-19)22(29)26-12-7-4-8-13-26/h5-6,9-10,15,17,25H,4,7-8,11-14,16H2,1-3H3. The van der Waals surface area contributed by atoms with Crippen molar-refractivity contribution >= 4 is 34.7 Å². The number of benzene rings is 1. The maximum Gasteiger partial charge on any atom is 0.410 e. The molecule has 1 fully saturated rings. The Labute approximate surface area is 203 Å². The van der Waals surface area contributed by atoms with Crippen LogP contribution >= 0.6 is 11.3 Å². The second kappa shape index (κ2) is 11.3. The highest BCUT2D eigenvalue weighted by atomic mass is 32.1. The van der Waals surface area contributed by atoms with Crippen LogP contribution in [0.3, 0.4) is 0 Å². The molecule has 9 nitrogen and oxygen atoms in total. The third-order valence-corrected chi connectivity index (χ3v) is 6.26. The number of amides is 2. The van der Waals surface area contributed by atoms with E-state index in [0.717, 1.165) is 37.2 Å². The van der Waals surface area contributed by atoms with Crippen molar-refractivity contribution < 1.29 is 19.2 Å². The van der Waals surface area contributed by atoms with Gasteiger partial charge in [-0.15, -0.1) is 11.3 Å². The van der Waals surface area contributed by atoms with Gasteiger partial charge in [0.15, 0.2) is 0 Å². The molecule has 0 unspecified atom stereocenters. The number of piperidine rings is 1. The van der Waals surface area contributed by atoms with E-state index in [1.807, 2.05) is 16.3 Å². The number of thiophene rings is 1. The molecule has 1 saturated heterocycles. The number of rotatable bonds is 8. The van der Waals surface area contributed by atoms with E-state index in [1.54, 1.807) is 43.9 Å². The summed E-state index contributed by atoms with van der Waals surface area (Å²) in [5.41, 5.74) is 0.350. The van der Waals surface area contributed by atoms with Crippen LogP contribution in [-0.4, -0.2) is 58.5 Å². The predicted octanol–water partition coefficient (Wildman–Crippen LogP) is 5.13. The highest BCUT2D eigenvalue weighted by Crippen LogP contribution is 2.24. The maximum absolute atomic E-state index is 12.9. The molecular formula is C24H32N4O5S. The number of anilines is 1. The summed E-state index contributed by atoms with van der Waals surface area (Å²) in [7, 11) is 0. The minimum absolute atomic E-state index is 0.0227. The molecule has 0 spiro atoms. The Morgan fingerprint density at radius 2 is 1.91 bits per heavy atom. The van der Waals surface area contributed by atoms with Gasteiger partial charge in [0.2, 0.25) is 0 Å². The van der Waals surface area contributed by atoms with Crippen molar-refractivity contribution in [2.45, 2.75) is 52.2 Å². The smallest absolute Gasteiger partial charge is 0.410 e. The topological polar surface area (TPSA) is 105 Å². The molecule has 2 heterocycles. The lowest BCUT2D eigenvalue weighted by Gasteiger charge is -2.27. The largest absolute Gasteiger partial charge is 0.444 e. The summed E-state index contributed by atoms with van der Waals surface area (Å²) < 4.78 is 5.57. The molecule has 0 atom stereocenters. The predicted molar refractivity (Wildman–Crippen MR) is 132 cm³/mol. The quantitative estimate of drug-likeness (QED) is 0.408. The third-order valence-electron chi connectivity index (χ3n) is 5.34. The van der Waals surface area contributed by atoms with Crippen LogP contribution in [0.5, 0.6) is 0 Å². The molecule has 1 aromatic carbocycles. The number of likely N-dealkylation sites (tertiary alicyclic amines) is 1. The molecular weight excluding hydrogens is 456 g/mol. The second-order valence-electron chi connectivity index (χ2n) is 9.26. The first-order valence-corrected chi connectivity index (χ1v) is 12.3. The summed E-state index contributed by atoms with van der Waals surface area (Å²) in [6.45, 7) is 7.82. The Hall–Kier alpha value is -3.14. The molecule has 184 valence electrons. The number of carbonyl (C=O) groups excluding carboxylic acids is 2. The first-order chi connectivity index (χ1) is 16.1. The molecule has 2 amide bonds. The number of hydrogen-bond donors (Lipinski definition) is 1. The van der Waals surface area contributed by atoms with E-state index in [2.05, 4.69) is 5.32 Å². The summed E-state index contributed by atoms with van der Waals surface area (Å²) in [5, 5.41) is 16.1. The number of hydrogen-bond acceptors (Lipinski definition) is 7. The van der Waals surface area contributed by atoms with Gasteiger partial charge in [-0.1, -0.05) is 12.1 Å². The highest BCUT2D eigenvalue weighted by Gasteiger charge is 2.24. The van der Waals surface area contributed by atoms with Crippen molar-refractivity contribution in [1.29, 1.82) is 0 Å². The number of carbonyl (C=O) groups is 2. The number of nitro groups is 1. The lowest BCUT2D eigenvalue weighted by Crippen LogP contribution is -2.38. The SMILES string of the molecule is CC(C)(C)OC(=O)N(CCNc1ccccc1[N+](=O)[O-])Cc1cc(C(=O)N2CCCCC2)cs1. The summed E-state index contributed by atoms with van der Waals surface area (Å²) in [4.78, 5) is 40.8. The molecule has 2 aromatic rings. The normalized spacial score (nSPS) is 13.9. The third kappa shape index (κ3) is 7.18. The van der Waals surface area contributed by atoms with Crippen molar-refractivity contribution in [3.8, 4) is 0 Å².